The van der Waals surface area contributed by atoms with Crippen molar-refractivity contribution in [3.8, 4) is 0 Å². The van der Waals surface area contributed by atoms with Crippen molar-refractivity contribution in [2.45, 2.75) is 36.8 Å². The molecule has 0 bridgehead atoms. The van der Waals surface area contributed by atoms with Gasteiger partial charge in [-0.15, -0.1) is 11.8 Å². The highest BCUT2D eigenvalue weighted by molar-refractivity contribution is 8.00. The van der Waals surface area contributed by atoms with Crippen molar-refractivity contribution < 1.29 is 0 Å². The van der Waals surface area contributed by atoms with Crippen LogP contribution < -0.4 is 0 Å². The van der Waals surface area contributed by atoms with Crippen LogP contribution in [0.1, 0.15) is 24.5 Å². The molecule has 1 aromatic rings. The summed E-state index contributed by atoms with van der Waals surface area (Å²) < 4.78 is 0. The van der Waals surface area contributed by atoms with Crippen molar-refractivity contribution in [3.63, 3.8) is 0 Å². The quantitative estimate of drug-likeness (QED) is 0.635. The van der Waals surface area contributed by atoms with E-state index in [-0.39, 0.29) is 0 Å². The van der Waals surface area contributed by atoms with E-state index in [4.69, 9.17) is 0 Å². The van der Waals surface area contributed by atoms with Gasteiger partial charge in [0.1, 0.15) is 0 Å². The smallest absolute Gasteiger partial charge is 0.0133 e. The van der Waals surface area contributed by atoms with Gasteiger partial charge in [0.15, 0.2) is 0 Å². The Hall–Kier alpha value is -0.430. The fourth-order valence-electron chi connectivity index (χ4n) is 1.68. The predicted molar refractivity (Wildman–Crippen MR) is 54.8 cm³/mol. The molecule has 1 aromatic carbocycles. The summed E-state index contributed by atoms with van der Waals surface area (Å²) >= 11 is 2.04. The monoisotopic (exact) mass is 178 g/mol. The number of benzene rings is 1. The summed E-state index contributed by atoms with van der Waals surface area (Å²) in [7, 11) is 0. The van der Waals surface area contributed by atoms with Crippen molar-refractivity contribution in [1.82, 2.24) is 0 Å². The lowest BCUT2D eigenvalue weighted by Gasteiger charge is -2.00. The lowest BCUT2D eigenvalue weighted by atomic mass is 10.1. The van der Waals surface area contributed by atoms with E-state index in [1.807, 2.05) is 11.8 Å². The maximum Gasteiger partial charge on any atom is 0.0133 e. The highest BCUT2D eigenvalue weighted by Gasteiger charge is 2.19. The Bertz CT molecular complexity index is 291. The van der Waals surface area contributed by atoms with Crippen LogP contribution in [0.15, 0.2) is 23.1 Å². The van der Waals surface area contributed by atoms with E-state index in [1.54, 1.807) is 5.56 Å². The minimum absolute atomic E-state index is 0.835. The molecule has 0 aromatic heterocycles. The molecule has 12 heavy (non-hydrogen) atoms. The van der Waals surface area contributed by atoms with Crippen LogP contribution in [-0.4, -0.2) is 5.25 Å². The van der Waals surface area contributed by atoms with Gasteiger partial charge in [-0.1, -0.05) is 24.6 Å². The molecule has 1 unspecified atom stereocenters. The summed E-state index contributed by atoms with van der Waals surface area (Å²) in [5.74, 6) is 0. The molecule has 1 aliphatic heterocycles. The van der Waals surface area contributed by atoms with Crippen molar-refractivity contribution in [2.24, 2.45) is 0 Å². The zero-order valence-corrected chi connectivity index (χ0v) is 8.45. The van der Waals surface area contributed by atoms with Gasteiger partial charge < -0.3 is 0 Å². The Kier molecular flexibility index (Phi) is 2.14. The molecular formula is C11H14S. The lowest BCUT2D eigenvalue weighted by Crippen LogP contribution is -1.96. The maximum absolute atomic E-state index is 2.33. The second-order valence-electron chi connectivity index (χ2n) is 3.46. The Balaban J connectivity index is 2.30. The van der Waals surface area contributed by atoms with E-state index in [0.29, 0.717) is 0 Å². The zero-order valence-electron chi connectivity index (χ0n) is 7.63. The predicted octanol–water partition coefficient (Wildman–Crippen LogP) is 3.42. The standard InChI is InChI=1S/C11H14S/c1-3-10-7-9-6-8(2)4-5-11(9)12-10/h4-6,10H,3,7H2,1-2H3. The van der Waals surface area contributed by atoms with Gasteiger partial charge in [-0.05, 0) is 31.4 Å². The first kappa shape index (κ1) is 8.18. The molecule has 0 saturated heterocycles. The highest BCUT2D eigenvalue weighted by Crippen LogP contribution is 2.38. The van der Waals surface area contributed by atoms with Crippen LogP contribution in [0.2, 0.25) is 0 Å². The van der Waals surface area contributed by atoms with Gasteiger partial charge in [0.25, 0.3) is 0 Å². The summed E-state index contributed by atoms with van der Waals surface area (Å²) in [6.45, 7) is 4.45. The molecule has 0 spiro atoms. The number of thioether (sulfide) groups is 1. The van der Waals surface area contributed by atoms with Gasteiger partial charge in [0, 0.05) is 10.1 Å². The molecule has 1 heteroatoms. The Morgan fingerprint density at radius 1 is 1.50 bits per heavy atom. The van der Waals surface area contributed by atoms with Gasteiger partial charge >= 0.3 is 0 Å². The minimum Gasteiger partial charge on any atom is -0.122 e. The molecule has 2 rings (SSSR count). The van der Waals surface area contributed by atoms with Crippen LogP contribution in [-0.2, 0) is 6.42 Å². The van der Waals surface area contributed by atoms with E-state index < -0.39 is 0 Å². The Morgan fingerprint density at radius 3 is 3.08 bits per heavy atom. The fraction of sp³-hybridized carbons (Fsp3) is 0.455. The third-order valence-electron chi connectivity index (χ3n) is 2.41. The van der Waals surface area contributed by atoms with Gasteiger partial charge in [0.2, 0.25) is 0 Å². The fourth-order valence-corrected chi connectivity index (χ4v) is 2.91. The SMILES string of the molecule is CCC1Cc2cc(C)ccc2S1. The summed E-state index contributed by atoms with van der Waals surface area (Å²) in [5, 5.41) is 0.835. The van der Waals surface area contributed by atoms with Crippen LogP contribution >= 0.6 is 11.8 Å². The first-order valence-corrected chi connectivity index (χ1v) is 5.43. The summed E-state index contributed by atoms with van der Waals surface area (Å²) in [6.07, 6.45) is 2.57. The molecule has 0 fully saturated rings. The molecule has 0 N–H and O–H groups in total. The molecule has 0 nitrogen and oxygen atoms in total. The molecule has 0 saturated carbocycles. The number of rotatable bonds is 1. The molecule has 0 aliphatic carbocycles. The van der Waals surface area contributed by atoms with Crippen LogP contribution in [0.4, 0.5) is 0 Å². The van der Waals surface area contributed by atoms with E-state index in [0.717, 1.165) is 5.25 Å². The Labute approximate surface area is 78.4 Å². The maximum atomic E-state index is 2.33. The molecule has 1 atom stereocenters. The highest BCUT2D eigenvalue weighted by atomic mass is 32.2. The van der Waals surface area contributed by atoms with Gasteiger partial charge in [-0.2, -0.15) is 0 Å². The van der Waals surface area contributed by atoms with Crippen molar-refractivity contribution >= 4 is 11.8 Å². The first-order valence-electron chi connectivity index (χ1n) is 4.56. The van der Waals surface area contributed by atoms with Gasteiger partial charge in [-0.3, -0.25) is 0 Å². The van der Waals surface area contributed by atoms with E-state index in [9.17, 15) is 0 Å². The normalized spacial score (nSPS) is 21.0. The number of fused-ring (bicyclic) bond motifs is 1. The molecule has 1 heterocycles. The number of aryl methyl sites for hydroxylation is 1. The van der Waals surface area contributed by atoms with E-state index in [1.165, 1.54) is 23.3 Å². The third kappa shape index (κ3) is 1.38. The molecule has 0 amide bonds. The second-order valence-corrected chi connectivity index (χ2v) is 4.81. The van der Waals surface area contributed by atoms with Crippen molar-refractivity contribution in [2.75, 3.05) is 0 Å². The molecular weight excluding hydrogens is 164 g/mol. The zero-order chi connectivity index (χ0) is 8.55. The van der Waals surface area contributed by atoms with Crippen LogP contribution in [0.3, 0.4) is 0 Å². The van der Waals surface area contributed by atoms with Crippen LogP contribution in [0.25, 0.3) is 0 Å². The summed E-state index contributed by atoms with van der Waals surface area (Å²) in [4.78, 5) is 1.51. The van der Waals surface area contributed by atoms with Gasteiger partial charge in [-0.25, -0.2) is 0 Å². The summed E-state index contributed by atoms with van der Waals surface area (Å²) in [6, 6.07) is 6.81. The summed E-state index contributed by atoms with van der Waals surface area (Å²) in [5.41, 5.74) is 2.96. The van der Waals surface area contributed by atoms with E-state index >= 15 is 0 Å². The topological polar surface area (TPSA) is 0 Å². The molecule has 0 radical (unpaired) electrons. The number of hydrogen-bond donors (Lipinski definition) is 0. The van der Waals surface area contributed by atoms with Crippen LogP contribution in [0.5, 0.6) is 0 Å². The average Bonchev–Trinajstić information content (AvgIpc) is 2.46. The van der Waals surface area contributed by atoms with E-state index in [2.05, 4.69) is 32.0 Å². The first-order chi connectivity index (χ1) is 5.79. The largest absolute Gasteiger partial charge is 0.122 e. The van der Waals surface area contributed by atoms with Crippen molar-refractivity contribution in [1.29, 1.82) is 0 Å². The third-order valence-corrected chi connectivity index (χ3v) is 3.90. The second kappa shape index (κ2) is 3.14. The van der Waals surface area contributed by atoms with Gasteiger partial charge in [0.05, 0.1) is 0 Å². The minimum atomic E-state index is 0.835. The Morgan fingerprint density at radius 2 is 2.33 bits per heavy atom. The van der Waals surface area contributed by atoms with Crippen LogP contribution in [0, 0.1) is 6.92 Å². The average molecular weight is 178 g/mol. The molecule has 64 valence electrons. The molecule has 1 aliphatic rings. The van der Waals surface area contributed by atoms with Crippen molar-refractivity contribution in [3.05, 3.63) is 29.3 Å². The lowest BCUT2D eigenvalue weighted by molar-refractivity contribution is 0.829. The number of hydrogen-bond acceptors (Lipinski definition) is 1.